The molecule has 3 N–H and O–H groups in total. The van der Waals surface area contributed by atoms with Gasteiger partial charge in [0, 0.05) is 12.3 Å². The van der Waals surface area contributed by atoms with Gasteiger partial charge >= 0.3 is 5.97 Å². The maximum Gasteiger partial charge on any atom is 0.303 e. The van der Waals surface area contributed by atoms with Crippen molar-refractivity contribution in [2.45, 2.75) is 18.8 Å². The smallest absolute Gasteiger partial charge is 0.303 e. The maximum atomic E-state index is 11.8. The van der Waals surface area contributed by atoms with E-state index in [0.29, 0.717) is 0 Å². The molecule has 0 saturated carbocycles. The van der Waals surface area contributed by atoms with Gasteiger partial charge in [0.2, 0.25) is 5.91 Å². The van der Waals surface area contributed by atoms with Crippen molar-refractivity contribution in [3.05, 3.63) is 35.9 Å². The second-order valence-electron chi connectivity index (χ2n) is 4.19. The van der Waals surface area contributed by atoms with Gasteiger partial charge in [-0.3, -0.25) is 14.9 Å². The third-order valence-corrected chi connectivity index (χ3v) is 2.72. The average molecular weight is 275 g/mol. The van der Waals surface area contributed by atoms with Crippen LogP contribution in [-0.4, -0.2) is 37.6 Å². The average Bonchev–Trinajstić information content (AvgIpc) is 2.91. The molecule has 1 aromatic heterocycles. The van der Waals surface area contributed by atoms with E-state index < -0.39 is 11.9 Å². The largest absolute Gasteiger partial charge is 0.481 e. The topological polar surface area (TPSA) is 121 Å². The van der Waals surface area contributed by atoms with Gasteiger partial charge in [0.05, 0.1) is 6.42 Å². The van der Waals surface area contributed by atoms with Crippen molar-refractivity contribution in [2.24, 2.45) is 0 Å². The van der Waals surface area contributed by atoms with E-state index in [-0.39, 0.29) is 24.7 Å². The van der Waals surface area contributed by atoms with Crippen LogP contribution >= 0.6 is 0 Å². The molecule has 0 radical (unpaired) electrons. The molecule has 2 aromatic rings. The summed E-state index contributed by atoms with van der Waals surface area (Å²) in [6.45, 7) is 0. The van der Waals surface area contributed by atoms with E-state index in [1.165, 1.54) is 0 Å². The number of aliphatic carboxylic acids is 1. The molecule has 1 aromatic carbocycles. The minimum absolute atomic E-state index is 0.0326. The van der Waals surface area contributed by atoms with Crippen molar-refractivity contribution in [1.82, 2.24) is 20.6 Å². The number of benzene rings is 1. The van der Waals surface area contributed by atoms with Gasteiger partial charge < -0.3 is 5.11 Å². The molecule has 8 heteroatoms. The van der Waals surface area contributed by atoms with Crippen molar-refractivity contribution >= 4 is 17.8 Å². The van der Waals surface area contributed by atoms with E-state index >= 15 is 0 Å². The molecule has 0 aliphatic rings. The summed E-state index contributed by atoms with van der Waals surface area (Å²) in [5.74, 6) is -1.65. The molecule has 0 unspecified atom stereocenters. The SMILES string of the molecule is O=C(O)C[C@H](CC(=O)Nc1nn[nH]n1)c1ccccc1. The molecule has 20 heavy (non-hydrogen) atoms. The second kappa shape index (κ2) is 6.41. The number of hydrogen-bond donors (Lipinski definition) is 3. The van der Waals surface area contributed by atoms with Gasteiger partial charge in [-0.1, -0.05) is 35.4 Å². The summed E-state index contributed by atoms with van der Waals surface area (Å²) >= 11 is 0. The number of amides is 1. The highest BCUT2D eigenvalue weighted by molar-refractivity contribution is 5.89. The molecule has 0 fully saturated rings. The molecular formula is C12H13N5O3. The number of tetrazole rings is 1. The third-order valence-electron chi connectivity index (χ3n) is 2.72. The zero-order valence-corrected chi connectivity index (χ0v) is 10.5. The Morgan fingerprint density at radius 2 is 2.00 bits per heavy atom. The minimum Gasteiger partial charge on any atom is -0.481 e. The maximum absolute atomic E-state index is 11.8. The molecule has 0 spiro atoms. The predicted molar refractivity (Wildman–Crippen MR) is 68.9 cm³/mol. The fourth-order valence-corrected chi connectivity index (χ4v) is 1.86. The van der Waals surface area contributed by atoms with E-state index in [2.05, 4.69) is 25.9 Å². The summed E-state index contributed by atoms with van der Waals surface area (Å²) in [4.78, 5) is 22.8. The zero-order valence-electron chi connectivity index (χ0n) is 10.5. The Kier molecular flexibility index (Phi) is 4.38. The van der Waals surface area contributed by atoms with E-state index in [1.807, 2.05) is 6.07 Å². The molecule has 8 nitrogen and oxygen atoms in total. The number of carbonyl (C=O) groups is 2. The number of rotatable bonds is 6. The number of nitrogens with one attached hydrogen (secondary N) is 2. The molecule has 104 valence electrons. The van der Waals surface area contributed by atoms with Gasteiger partial charge in [-0.2, -0.15) is 5.21 Å². The minimum atomic E-state index is -0.953. The van der Waals surface area contributed by atoms with E-state index in [9.17, 15) is 9.59 Å². The van der Waals surface area contributed by atoms with Gasteiger partial charge in [-0.15, -0.1) is 5.10 Å². The molecule has 0 aliphatic carbocycles. The number of nitrogens with zero attached hydrogens (tertiary/aromatic N) is 3. The Balaban J connectivity index is 2.04. The van der Waals surface area contributed by atoms with Crippen molar-refractivity contribution < 1.29 is 14.7 Å². The number of anilines is 1. The lowest BCUT2D eigenvalue weighted by atomic mass is 9.92. The van der Waals surface area contributed by atoms with Crippen LogP contribution in [0.15, 0.2) is 30.3 Å². The Morgan fingerprint density at radius 3 is 2.60 bits per heavy atom. The van der Waals surface area contributed by atoms with Gasteiger partial charge in [0.15, 0.2) is 0 Å². The second-order valence-corrected chi connectivity index (χ2v) is 4.19. The summed E-state index contributed by atoms with van der Waals surface area (Å²) in [6, 6.07) is 9.05. The van der Waals surface area contributed by atoms with Crippen LogP contribution in [0.3, 0.4) is 0 Å². The lowest BCUT2D eigenvalue weighted by Crippen LogP contribution is -2.18. The van der Waals surface area contributed by atoms with Gasteiger partial charge in [-0.25, -0.2) is 0 Å². The number of H-pyrrole nitrogens is 1. The number of aromatic amines is 1. The van der Waals surface area contributed by atoms with Crippen LogP contribution in [0.5, 0.6) is 0 Å². The van der Waals surface area contributed by atoms with Gasteiger partial charge in [0.1, 0.15) is 0 Å². The standard InChI is InChI=1S/C12H13N5O3/c18-10(13-12-14-16-17-15-12)6-9(7-11(19)20)8-4-2-1-3-5-8/h1-5,9H,6-7H2,(H,19,20)(H2,13,14,15,16,17,18)/t9-/m0/s1. The molecule has 1 atom stereocenters. The van der Waals surface area contributed by atoms with Crippen LogP contribution in [0.4, 0.5) is 5.95 Å². The van der Waals surface area contributed by atoms with Gasteiger partial charge in [0.25, 0.3) is 5.95 Å². The molecule has 1 amide bonds. The van der Waals surface area contributed by atoms with Crippen LogP contribution in [0.2, 0.25) is 0 Å². The highest BCUT2D eigenvalue weighted by Crippen LogP contribution is 2.23. The van der Waals surface area contributed by atoms with E-state index in [1.54, 1.807) is 24.3 Å². The summed E-state index contributed by atoms with van der Waals surface area (Å²) in [6.07, 6.45) is -0.0888. The molecule has 2 rings (SSSR count). The fourth-order valence-electron chi connectivity index (χ4n) is 1.86. The van der Waals surface area contributed by atoms with E-state index in [4.69, 9.17) is 5.11 Å². The first-order valence-electron chi connectivity index (χ1n) is 5.95. The molecular weight excluding hydrogens is 262 g/mol. The predicted octanol–water partition coefficient (Wildman–Crippen LogP) is 0.787. The lowest BCUT2D eigenvalue weighted by Gasteiger charge is -2.14. The number of carboxylic acids is 1. The van der Waals surface area contributed by atoms with Crippen LogP contribution in [-0.2, 0) is 9.59 Å². The number of aromatic nitrogens is 4. The van der Waals surface area contributed by atoms with Crippen LogP contribution in [0, 0.1) is 0 Å². The zero-order chi connectivity index (χ0) is 14.4. The summed E-state index contributed by atoms with van der Waals surface area (Å²) < 4.78 is 0. The fraction of sp³-hybridized carbons (Fsp3) is 0.250. The Hall–Kier alpha value is -2.77. The number of carbonyl (C=O) groups excluding carboxylic acids is 1. The summed E-state index contributed by atoms with van der Waals surface area (Å²) in [5, 5.41) is 24.1. The quantitative estimate of drug-likeness (QED) is 0.716. The first kappa shape index (κ1) is 13.7. The van der Waals surface area contributed by atoms with Crippen molar-refractivity contribution in [1.29, 1.82) is 0 Å². The summed E-state index contributed by atoms with van der Waals surface area (Å²) in [5.41, 5.74) is 0.804. The van der Waals surface area contributed by atoms with Crippen molar-refractivity contribution in [3.8, 4) is 0 Å². The lowest BCUT2D eigenvalue weighted by molar-refractivity contribution is -0.137. The van der Waals surface area contributed by atoms with Gasteiger partial charge in [-0.05, 0) is 10.8 Å². The van der Waals surface area contributed by atoms with Crippen LogP contribution in [0.1, 0.15) is 24.3 Å². The monoisotopic (exact) mass is 275 g/mol. The Bertz CT molecular complexity index is 570. The van der Waals surface area contributed by atoms with E-state index in [0.717, 1.165) is 5.56 Å². The first-order valence-corrected chi connectivity index (χ1v) is 5.95. The number of hydrogen-bond acceptors (Lipinski definition) is 5. The number of carboxylic acid groups (broad SMARTS) is 1. The van der Waals surface area contributed by atoms with Crippen LogP contribution in [0.25, 0.3) is 0 Å². The highest BCUT2D eigenvalue weighted by Gasteiger charge is 2.19. The Morgan fingerprint density at radius 1 is 1.25 bits per heavy atom. The molecule has 1 heterocycles. The normalized spacial score (nSPS) is 11.8. The first-order chi connectivity index (χ1) is 9.65. The van der Waals surface area contributed by atoms with Crippen LogP contribution < -0.4 is 5.32 Å². The third kappa shape index (κ3) is 3.87. The highest BCUT2D eigenvalue weighted by atomic mass is 16.4. The van der Waals surface area contributed by atoms with Crippen molar-refractivity contribution in [2.75, 3.05) is 5.32 Å². The van der Waals surface area contributed by atoms with Crippen molar-refractivity contribution in [3.63, 3.8) is 0 Å². The molecule has 0 bridgehead atoms. The molecule has 0 aliphatic heterocycles. The Labute approximate surface area is 114 Å². The summed E-state index contributed by atoms with van der Waals surface area (Å²) in [7, 11) is 0. The molecule has 0 saturated heterocycles.